The maximum absolute atomic E-state index is 8.64. The predicted molar refractivity (Wildman–Crippen MR) is 24.0 cm³/mol. The number of hydrogen-bond acceptors (Lipinski definition) is 4. The van der Waals surface area contributed by atoms with E-state index in [-0.39, 0.29) is 6.61 Å². The smallest absolute Gasteiger partial charge is 0.183 e. The highest BCUT2D eigenvalue weighted by molar-refractivity contribution is 4.75. The van der Waals surface area contributed by atoms with Crippen LogP contribution < -0.4 is 0 Å². The molecule has 1 aliphatic heterocycles. The first-order chi connectivity index (χ1) is 3.72. The first-order valence-electron chi connectivity index (χ1n) is 2.37. The Labute approximate surface area is 46.3 Å². The summed E-state index contributed by atoms with van der Waals surface area (Å²) in [6.45, 7) is 0.0162. The van der Waals surface area contributed by atoms with Crippen LogP contribution in [0.4, 0.5) is 0 Å². The summed E-state index contributed by atoms with van der Waals surface area (Å²) in [5, 5.41) is 25.8. The van der Waals surface area contributed by atoms with Crippen molar-refractivity contribution < 1.29 is 20.1 Å². The van der Waals surface area contributed by atoms with E-state index in [1.807, 2.05) is 0 Å². The van der Waals surface area contributed by atoms with Gasteiger partial charge in [-0.2, -0.15) is 0 Å². The molecule has 1 aliphatic rings. The van der Waals surface area contributed by atoms with Crippen molar-refractivity contribution in [2.75, 3.05) is 6.61 Å². The van der Waals surface area contributed by atoms with E-state index in [9.17, 15) is 0 Å². The zero-order valence-electron chi connectivity index (χ0n) is 4.19. The normalized spacial score (nSPS) is 47.6. The predicted octanol–water partition coefficient (Wildman–Crippen LogP) is -1.94. The molecule has 8 heavy (non-hydrogen) atoms. The minimum absolute atomic E-state index is 0.0162. The maximum Gasteiger partial charge on any atom is 0.183 e. The lowest BCUT2D eigenvalue weighted by Crippen LogP contribution is -2.29. The average Bonchev–Trinajstić information content (AvgIpc) is 1.98. The Morgan fingerprint density at radius 3 is 2.00 bits per heavy atom. The number of aliphatic hydroxyl groups excluding tert-OH is 3. The van der Waals surface area contributed by atoms with Crippen molar-refractivity contribution in [2.45, 2.75) is 18.5 Å². The van der Waals surface area contributed by atoms with Gasteiger partial charge in [0.15, 0.2) is 6.29 Å². The molecule has 0 saturated carbocycles. The molecule has 4 nitrogen and oxygen atoms in total. The molecule has 1 fully saturated rings. The van der Waals surface area contributed by atoms with Gasteiger partial charge in [-0.05, 0) is 0 Å². The number of rotatable bonds is 0. The van der Waals surface area contributed by atoms with Gasteiger partial charge in [-0.3, -0.25) is 0 Å². The lowest BCUT2D eigenvalue weighted by Gasteiger charge is -2.06. The van der Waals surface area contributed by atoms with Crippen LogP contribution in [0.25, 0.3) is 0 Å². The zero-order valence-corrected chi connectivity index (χ0v) is 4.19. The van der Waals surface area contributed by atoms with Crippen molar-refractivity contribution in [3.63, 3.8) is 0 Å². The summed E-state index contributed by atoms with van der Waals surface area (Å²) in [4.78, 5) is 0. The molecule has 0 bridgehead atoms. The molecule has 0 radical (unpaired) electrons. The second kappa shape index (κ2) is 1.99. The van der Waals surface area contributed by atoms with Crippen molar-refractivity contribution in [1.29, 1.82) is 0 Å². The van der Waals surface area contributed by atoms with E-state index in [1.165, 1.54) is 0 Å². The van der Waals surface area contributed by atoms with E-state index in [0.717, 1.165) is 0 Å². The third kappa shape index (κ3) is 0.830. The summed E-state index contributed by atoms with van der Waals surface area (Å²) in [7, 11) is 0. The molecular formula is C4H8O4. The number of ether oxygens (including phenoxy) is 1. The van der Waals surface area contributed by atoms with Gasteiger partial charge in [0.1, 0.15) is 12.2 Å². The van der Waals surface area contributed by atoms with E-state index < -0.39 is 18.5 Å². The summed E-state index contributed by atoms with van der Waals surface area (Å²) >= 11 is 0. The summed E-state index contributed by atoms with van der Waals surface area (Å²) < 4.78 is 4.43. The fourth-order valence-electron chi connectivity index (χ4n) is 0.584. The fourth-order valence-corrected chi connectivity index (χ4v) is 0.584. The van der Waals surface area contributed by atoms with Gasteiger partial charge >= 0.3 is 0 Å². The van der Waals surface area contributed by atoms with Crippen molar-refractivity contribution in [1.82, 2.24) is 0 Å². The molecule has 1 rings (SSSR count). The van der Waals surface area contributed by atoms with Crippen LogP contribution in [0.5, 0.6) is 0 Å². The number of hydrogen-bond donors (Lipinski definition) is 3. The van der Waals surface area contributed by atoms with Gasteiger partial charge < -0.3 is 20.1 Å². The Hall–Kier alpha value is -0.160. The first kappa shape index (κ1) is 5.97. The molecule has 0 aromatic carbocycles. The van der Waals surface area contributed by atoms with E-state index in [1.54, 1.807) is 0 Å². The topological polar surface area (TPSA) is 69.9 Å². The van der Waals surface area contributed by atoms with Gasteiger partial charge in [-0.25, -0.2) is 0 Å². The van der Waals surface area contributed by atoms with Crippen LogP contribution in [-0.2, 0) is 4.74 Å². The summed E-state index contributed by atoms with van der Waals surface area (Å²) in [6.07, 6.45) is -3.26. The average molecular weight is 120 g/mol. The van der Waals surface area contributed by atoms with Crippen LogP contribution in [0.15, 0.2) is 0 Å². The summed E-state index contributed by atoms with van der Waals surface area (Å²) in [6, 6.07) is 0. The number of aliphatic hydroxyl groups is 3. The van der Waals surface area contributed by atoms with Gasteiger partial charge in [0.25, 0.3) is 0 Å². The minimum atomic E-state index is -1.20. The van der Waals surface area contributed by atoms with E-state index in [2.05, 4.69) is 4.74 Å². The first-order valence-corrected chi connectivity index (χ1v) is 2.37. The quantitative estimate of drug-likeness (QED) is 0.348. The molecule has 0 aliphatic carbocycles. The van der Waals surface area contributed by atoms with Gasteiger partial charge in [0.05, 0.1) is 6.61 Å². The second-order valence-electron chi connectivity index (χ2n) is 1.78. The molecule has 1 heterocycles. The Balaban J connectivity index is 2.44. The van der Waals surface area contributed by atoms with Crippen LogP contribution in [0.3, 0.4) is 0 Å². The van der Waals surface area contributed by atoms with Crippen LogP contribution >= 0.6 is 0 Å². The largest absolute Gasteiger partial charge is 0.388 e. The third-order valence-electron chi connectivity index (χ3n) is 1.12. The van der Waals surface area contributed by atoms with Crippen LogP contribution in [0.2, 0.25) is 0 Å². The Morgan fingerprint density at radius 2 is 1.88 bits per heavy atom. The Bertz CT molecular complexity index is 74.1. The zero-order chi connectivity index (χ0) is 6.15. The minimum Gasteiger partial charge on any atom is -0.388 e. The molecule has 4 heteroatoms. The van der Waals surface area contributed by atoms with Crippen molar-refractivity contribution >= 4 is 0 Å². The lowest BCUT2D eigenvalue weighted by atomic mass is 10.2. The Morgan fingerprint density at radius 1 is 1.25 bits per heavy atom. The van der Waals surface area contributed by atoms with Crippen LogP contribution in [0.1, 0.15) is 0 Å². The highest BCUT2D eigenvalue weighted by atomic mass is 16.6. The molecule has 1 saturated heterocycles. The Kier molecular flexibility index (Phi) is 1.48. The van der Waals surface area contributed by atoms with E-state index >= 15 is 0 Å². The standard InChI is InChI=1S/C4H8O4/c5-2-1-8-4(7)3(2)6/h2-7H,1H2/t2-,3-,4+/m1/s1. The van der Waals surface area contributed by atoms with Crippen molar-refractivity contribution in [3.8, 4) is 0 Å². The van der Waals surface area contributed by atoms with Crippen molar-refractivity contribution in [2.24, 2.45) is 0 Å². The van der Waals surface area contributed by atoms with Crippen LogP contribution in [-0.4, -0.2) is 40.4 Å². The monoisotopic (exact) mass is 120 g/mol. The molecule has 3 atom stereocenters. The van der Waals surface area contributed by atoms with Gasteiger partial charge in [-0.15, -0.1) is 0 Å². The SMILES string of the molecule is O[C@@H]1[C@H](O)CO[C@@H]1O. The molecule has 0 aromatic rings. The highest BCUT2D eigenvalue weighted by Gasteiger charge is 2.32. The molecular weight excluding hydrogens is 112 g/mol. The molecule has 0 unspecified atom stereocenters. The molecule has 0 spiro atoms. The van der Waals surface area contributed by atoms with Gasteiger partial charge in [0, 0.05) is 0 Å². The molecule has 0 amide bonds. The molecule has 48 valence electrons. The van der Waals surface area contributed by atoms with E-state index in [0.29, 0.717) is 0 Å². The highest BCUT2D eigenvalue weighted by Crippen LogP contribution is 2.10. The van der Waals surface area contributed by atoms with Crippen LogP contribution in [0, 0.1) is 0 Å². The molecule has 0 aromatic heterocycles. The summed E-state index contributed by atoms with van der Waals surface area (Å²) in [5.41, 5.74) is 0. The van der Waals surface area contributed by atoms with E-state index in [4.69, 9.17) is 15.3 Å². The van der Waals surface area contributed by atoms with Gasteiger partial charge in [0.2, 0.25) is 0 Å². The second-order valence-corrected chi connectivity index (χ2v) is 1.78. The fraction of sp³-hybridized carbons (Fsp3) is 1.00. The van der Waals surface area contributed by atoms with Crippen molar-refractivity contribution in [3.05, 3.63) is 0 Å². The van der Waals surface area contributed by atoms with Gasteiger partial charge in [-0.1, -0.05) is 0 Å². The maximum atomic E-state index is 8.64. The molecule has 3 N–H and O–H groups in total. The third-order valence-corrected chi connectivity index (χ3v) is 1.12. The lowest BCUT2D eigenvalue weighted by molar-refractivity contribution is -0.111. The summed E-state index contributed by atoms with van der Waals surface area (Å²) in [5.74, 6) is 0.